The van der Waals surface area contributed by atoms with Crippen molar-refractivity contribution in [3.63, 3.8) is 0 Å². The minimum absolute atomic E-state index is 0.0871. The van der Waals surface area contributed by atoms with Gasteiger partial charge >= 0.3 is 11.9 Å². The lowest BCUT2D eigenvalue weighted by atomic mass is 9.99. The number of benzene rings is 1. The zero-order valence-corrected chi connectivity index (χ0v) is 17.4. The van der Waals surface area contributed by atoms with Crippen molar-refractivity contribution < 1.29 is 23.9 Å². The summed E-state index contributed by atoms with van der Waals surface area (Å²) in [5.74, 6) is 0.573. The molecule has 1 fully saturated rings. The van der Waals surface area contributed by atoms with Crippen molar-refractivity contribution in [1.82, 2.24) is 5.32 Å². The van der Waals surface area contributed by atoms with E-state index >= 15 is 0 Å². The number of hydrogen-bond acceptors (Lipinski definition) is 7. The van der Waals surface area contributed by atoms with Crippen LogP contribution in [0.15, 0.2) is 24.3 Å². The van der Waals surface area contributed by atoms with Gasteiger partial charge in [-0.25, -0.2) is 9.59 Å². The second-order valence-electron chi connectivity index (χ2n) is 6.23. The number of methoxy groups -OCH3 is 1. The Morgan fingerprint density at radius 1 is 1.19 bits per heavy atom. The smallest absolute Gasteiger partial charge is 0.338 e. The second-order valence-corrected chi connectivity index (χ2v) is 8.95. The fourth-order valence-corrected chi connectivity index (χ4v) is 5.41. The van der Waals surface area contributed by atoms with Crippen LogP contribution in [0.4, 0.5) is 0 Å². The predicted molar refractivity (Wildman–Crippen MR) is 108 cm³/mol. The number of amides is 1. The molecular weight excluding hydrogens is 386 g/mol. The van der Waals surface area contributed by atoms with E-state index in [-0.39, 0.29) is 5.92 Å². The van der Waals surface area contributed by atoms with E-state index in [1.807, 2.05) is 49.5 Å². The number of rotatable bonds is 8. The van der Waals surface area contributed by atoms with Crippen molar-refractivity contribution in [2.75, 3.05) is 25.2 Å². The number of carbonyl (C=O) groups excluding carboxylic acids is 3. The van der Waals surface area contributed by atoms with Crippen molar-refractivity contribution in [3.05, 3.63) is 35.4 Å². The molecule has 6 nitrogen and oxygen atoms in total. The highest BCUT2D eigenvalue weighted by molar-refractivity contribution is 8.19. The molecule has 0 radical (unpaired) electrons. The summed E-state index contributed by atoms with van der Waals surface area (Å²) in [6.45, 7) is 3.31. The first kappa shape index (κ1) is 21.6. The number of carbonyl (C=O) groups is 3. The van der Waals surface area contributed by atoms with Crippen molar-refractivity contribution in [2.24, 2.45) is 5.92 Å². The molecule has 0 aromatic heterocycles. The molecule has 0 bridgehead atoms. The van der Waals surface area contributed by atoms with Gasteiger partial charge in [-0.1, -0.05) is 32.4 Å². The highest BCUT2D eigenvalue weighted by atomic mass is 32.2. The van der Waals surface area contributed by atoms with Gasteiger partial charge in [0, 0.05) is 11.5 Å². The Morgan fingerprint density at radius 3 is 2.37 bits per heavy atom. The SMILES string of the molecule is CC[C@H](C)[C@H](NC(=O)COC(=O)c1ccc(C2SCCS2)cc1)C(=O)OC. The number of thioether (sulfide) groups is 2. The molecule has 1 saturated heterocycles. The minimum atomic E-state index is -0.758. The van der Waals surface area contributed by atoms with E-state index in [1.54, 1.807) is 12.1 Å². The molecule has 0 saturated carbocycles. The summed E-state index contributed by atoms with van der Waals surface area (Å²) in [7, 11) is 1.27. The Bertz CT molecular complexity index is 659. The van der Waals surface area contributed by atoms with Crippen LogP contribution in [-0.4, -0.2) is 49.1 Å². The van der Waals surface area contributed by atoms with Gasteiger partial charge in [0.2, 0.25) is 0 Å². The maximum Gasteiger partial charge on any atom is 0.338 e. The predicted octanol–water partition coefficient (Wildman–Crippen LogP) is 3.03. The number of ether oxygens (including phenoxy) is 2. The number of esters is 2. The quantitative estimate of drug-likeness (QED) is 0.659. The molecule has 1 amide bonds. The lowest BCUT2D eigenvalue weighted by molar-refractivity contribution is -0.147. The van der Waals surface area contributed by atoms with Crippen LogP contribution in [0.25, 0.3) is 0 Å². The third-order valence-electron chi connectivity index (χ3n) is 4.36. The Kier molecular flexibility index (Phi) is 8.50. The third-order valence-corrected chi connectivity index (χ3v) is 7.46. The Balaban J connectivity index is 1.86. The van der Waals surface area contributed by atoms with E-state index in [0.717, 1.165) is 11.5 Å². The Labute approximate surface area is 168 Å². The van der Waals surface area contributed by atoms with Gasteiger partial charge in [-0.05, 0) is 23.6 Å². The van der Waals surface area contributed by atoms with Crippen LogP contribution >= 0.6 is 23.5 Å². The number of nitrogens with one attached hydrogen (secondary N) is 1. The first-order valence-corrected chi connectivity index (χ1v) is 10.9. The van der Waals surface area contributed by atoms with E-state index in [9.17, 15) is 14.4 Å². The van der Waals surface area contributed by atoms with Gasteiger partial charge in [-0.2, -0.15) is 0 Å². The third kappa shape index (κ3) is 6.17. The van der Waals surface area contributed by atoms with Gasteiger partial charge in [-0.15, -0.1) is 23.5 Å². The summed E-state index contributed by atoms with van der Waals surface area (Å²) >= 11 is 3.79. The summed E-state index contributed by atoms with van der Waals surface area (Å²) in [6.07, 6.45) is 0.698. The van der Waals surface area contributed by atoms with Crippen molar-refractivity contribution >= 4 is 41.4 Å². The van der Waals surface area contributed by atoms with E-state index in [0.29, 0.717) is 16.6 Å². The van der Waals surface area contributed by atoms with Gasteiger partial charge in [0.15, 0.2) is 6.61 Å². The molecule has 1 aliphatic heterocycles. The van der Waals surface area contributed by atoms with E-state index < -0.39 is 30.5 Å². The maximum atomic E-state index is 12.1. The monoisotopic (exact) mass is 411 g/mol. The van der Waals surface area contributed by atoms with Crippen LogP contribution in [-0.2, 0) is 19.1 Å². The zero-order valence-electron chi connectivity index (χ0n) is 15.7. The second kappa shape index (κ2) is 10.6. The van der Waals surface area contributed by atoms with Crippen molar-refractivity contribution in [2.45, 2.75) is 30.9 Å². The van der Waals surface area contributed by atoms with Crippen LogP contribution in [0, 0.1) is 5.92 Å². The fraction of sp³-hybridized carbons (Fsp3) is 0.526. The highest BCUT2D eigenvalue weighted by Crippen LogP contribution is 2.45. The summed E-state index contributed by atoms with van der Waals surface area (Å²) in [5.41, 5.74) is 1.57. The molecule has 0 spiro atoms. The maximum absolute atomic E-state index is 12.1. The molecular formula is C19H25NO5S2. The molecule has 1 aliphatic rings. The first-order valence-electron chi connectivity index (χ1n) is 8.83. The molecule has 1 N–H and O–H groups in total. The van der Waals surface area contributed by atoms with Crippen LogP contribution < -0.4 is 5.32 Å². The largest absolute Gasteiger partial charge is 0.467 e. The topological polar surface area (TPSA) is 81.7 Å². The minimum Gasteiger partial charge on any atom is -0.467 e. The summed E-state index contributed by atoms with van der Waals surface area (Å²) in [4.78, 5) is 36.0. The molecule has 1 aromatic carbocycles. The zero-order chi connectivity index (χ0) is 19.8. The van der Waals surface area contributed by atoms with Crippen LogP contribution in [0.2, 0.25) is 0 Å². The van der Waals surface area contributed by atoms with Gasteiger partial charge in [0.25, 0.3) is 5.91 Å². The lowest BCUT2D eigenvalue weighted by Gasteiger charge is -2.21. The molecule has 27 heavy (non-hydrogen) atoms. The standard InChI is InChI=1S/C19H25NO5S2/c1-4-12(2)16(18(23)24-3)20-15(21)11-25-17(22)13-5-7-14(8-6-13)19-26-9-10-27-19/h5-8,12,16,19H,4,9-11H2,1-3H3,(H,20,21)/t12-,16-/m0/s1. The average molecular weight is 412 g/mol. The van der Waals surface area contributed by atoms with E-state index in [2.05, 4.69) is 5.32 Å². The normalized spacial score (nSPS) is 16.4. The van der Waals surface area contributed by atoms with E-state index in [4.69, 9.17) is 9.47 Å². The Hall–Kier alpha value is -1.67. The molecule has 8 heteroatoms. The Morgan fingerprint density at radius 2 is 1.81 bits per heavy atom. The number of hydrogen-bond donors (Lipinski definition) is 1. The molecule has 2 rings (SSSR count). The van der Waals surface area contributed by atoms with Gasteiger partial charge in [0.05, 0.1) is 17.3 Å². The van der Waals surface area contributed by atoms with Gasteiger partial charge in [0.1, 0.15) is 6.04 Å². The van der Waals surface area contributed by atoms with E-state index in [1.165, 1.54) is 12.7 Å². The van der Waals surface area contributed by atoms with Gasteiger partial charge < -0.3 is 14.8 Å². The molecule has 148 valence electrons. The van der Waals surface area contributed by atoms with Crippen LogP contribution in [0.1, 0.15) is 40.8 Å². The van der Waals surface area contributed by atoms with Crippen molar-refractivity contribution in [1.29, 1.82) is 0 Å². The molecule has 0 aliphatic carbocycles. The summed E-state index contributed by atoms with van der Waals surface area (Å²) < 4.78 is 10.2. The summed E-state index contributed by atoms with van der Waals surface area (Å²) in [6, 6.07) is 6.51. The first-order chi connectivity index (χ1) is 13.0. The molecule has 0 unspecified atom stereocenters. The summed E-state index contributed by atoms with van der Waals surface area (Å²) in [5, 5.41) is 2.58. The average Bonchev–Trinajstić information content (AvgIpc) is 3.24. The lowest BCUT2D eigenvalue weighted by Crippen LogP contribution is -2.47. The highest BCUT2D eigenvalue weighted by Gasteiger charge is 2.27. The van der Waals surface area contributed by atoms with Crippen molar-refractivity contribution in [3.8, 4) is 0 Å². The molecule has 2 atom stereocenters. The van der Waals surface area contributed by atoms with Gasteiger partial charge in [-0.3, -0.25) is 4.79 Å². The molecule has 1 heterocycles. The van der Waals surface area contributed by atoms with Crippen LogP contribution in [0.3, 0.4) is 0 Å². The molecule has 1 aromatic rings. The fourth-order valence-electron chi connectivity index (χ4n) is 2.55. The van der Waals surface area contributed by atoms with Crippen LogP contribution in [0.5, 0.6) is 0 Å².